The standard InChI is InChI=1S/C43H70N2O11.C2H3NO/c1-10-30-18-24(2)17-25(3)19-36(53-8)39-37(54-9)21-27(5)43(51,56-39)40(48)41(49)45-16-12-11-13-32(45)42(50)55-38(28(6)34(47)23-31(30)44)26(4)20-29-14-15-33(46)35(22-29)52-7;3-1-2-4/h18,20,25,27-30,32-39,44,46-47,51H,10-17,19,21-23H2,1-9H3;4H,2H2/b24-18+,26-20+,44-31?;/t25-,27+,28+,29-,30+,32-,33+,34-,35+,36-,37-,38+,39+,43+;/m0./s1. The molecule has 1 amide bonds. The summed E-state index contributed by atoms with van der Waals surface area (Å²) in [6.45, 7) is 11.2. The van der Waals surface area contributed by atoms with Gasteiger partial charge in [-0.05, 0) is 95.5 Å². The number of nitrogens with one attached hydrogen (secondary N) is 1. The number of piperidine rings is 1. The van der Waals surface area contributed by atoms with Crippen molar-refractivity contribution in [3.63, 3.8) is 0 Å². The number of aliphatic hydroxyl groups excluding tert-OH is 3. The molecule has 15 heteroatoms. The number of carbonyl (C=O) groups excluding carboxylic acids is 3. The Labute approximate surface area is 356 Å². The molecular formula is C45H73N3O12. The van der Waals surface area contributed by atoms with Crippen LogP contribution in [0, 0.1) is 46.3 Å². The first-order valence-corrected chi connectivity index (χ1v) is 21.7. The minimum Gasteiger partial charge on any atom is -0.456 e. The number of fused-ring (bicyclic) bond motifs is 3. The molecule has 2 bridgehead atoms. The fraction of sp³-hybridized carbons (Fsp3) is 0.800. The van der Waals surface area contributed by atoms with Gasteiger partial charge in [-0.2, -0.15) is 5.26 Å². The molecule has 0 spiro atoms. The number of allylic oxidation sites excluding steroid dienone is 3. The van der Waals surface area contributed by atoms with Crippen LogP contribution in [0.25, 0.3) is 0 Å². The zero-order chi connectivity index (χ0) is 44.9. The summed E-state index contributed by atoms with van der Waals surface area (Å²) in [5.74, 6) is -6.92. The van der Waals surface area contributed by atoms with Gasteiger partial charge in [0.15, 0.2) is 0 Å². The number of esters is 1. The fourth-order valence-corrected chi connectivity index (χ4v) is 9.44. The van der Waals surface area contributed by atoms with Crippen molar-refractivity contribution < 1.29 is 58.5 Å². The molecule has 0 aromatic rings. The topological polar surface area (TPSA) is 229 Å². The van der Waals surface area contributed by atoms with Gasteiger partial charge >= 0.3 is 5.97 Å². The first-order valence-electron chi connectivity index (χ1n) is 21.7. The molecule has 0 unspecified atom stereocenters. The second-order valence-corrected chi connectivity index (χ2v) is 17.5. The molecule has 1 saturated carbocycles. The third-order valence-electron chi connectivity index (χ3n) is 13.0. The first-order chi connectivity index (χ1) is 28.4. The Morgan fingerprint density at radius 1 is 0.983 bits per heavy atom. The Kier molecular flexibility index (Phi) is 20.5. The van der Waals surface area contributed by atoms with Gasteiger partial charge in [-0.25, -0.2) is 4.79 Å². The Morgan fingerprint density at radius 2 is 1.62 bits per heavy atom. The van der Waals surface area contributed by atoms with E-state index in [0.717, 1.165) is 5.57 Å². The number of aliphatic hydroxyl groups is 4. The van der Waals surface area contributed by atoms with Gasteiger partial charge in [0.1, 0.15) is 24.9 Å². The molecule has 4 rings (SSSR count). The number of nitriles is 1. The van der Waals surface area contributed by atoms with E-state index in [-0.39, 0.29) is 56.3 Å². The van der Waals surface area contributed by atoms with Gasteiger partial charge < -0.3 is 54.4 Å². The Morgan fingerprint density at radius 3 is 2.22 bits per heavy atom. The second-order valence-electron chi connectivity index (χ2n) is 17.5. The lowest BCUT2D eigenvalue weighted by Crippen LogP contribution is -2.64. The van der Waals surface area contributed by atoms with Crippen LogP contribution in [0.4, 0.5) is 0 Å². The van der Waals surface area contributed by atoms with Crippen LogP contribution in [0.5, 0.6) is 0 Å². The van der Waals surface area contributed by atoms with Crippen molar-refractivity contribution in [2.24, 2.45) is 29.6 Å². The van der Waals surface area contributed by atoms with Crippen LogP contribution in [-0.4, -0.2) is 138 Å². The molecule has 0 aromatic heterocycles. The zero-order valence-corrected chi connectivity index (χ0v) is 37.3. The summed E-state index contributed by atoms with van der Waals surface area (Å²) in [5.41, 5.74) is 2.16. The maximum absolute atomic E-state index is 14.3. The third kappa shape index (κ3) is 13.0. The van der Waals surface area contributed by atoms with E-state index < -0.39 is 77.9 Å². The van der Waals surface area contributed by atoms with Gasteiger partial charge in [0.25, 0.3) is 11.7 Å². The molecule has 3 heterocycles. The molecule has 14 atom stereocenters. The van der Waals surface area contributed by atoms with E-state index in [1.165, 1.54) is 11.0 Å². The summed E-state index contributed by atoms with van der Waals surface area (Å²) in [7, 11) is 4.67. The molecule has 2 saturated heterocycles. The monoisotopic (exact) mass is 848 g/mol. The molecule has 340 valence electrons. The van der Waals surface area contributed by atoms with Gasteiger partial charge in [-0.15, -0.1) is 0 Å². The summed E-state index contributed by atoms with van der Waals surface area (Å²) in [6.07, 6.45) is 4.70. The van der Waals surface area contributed by atoms with Crippen LogP contribution in [0.1, 0.15) is 112 Å². The molecule has 3 fully saturated rings. The number of amides is 1. The molecule has 15 nitrogen and oxygen atoms in total. The number of methoxy groups -OCH3 is 3. The maximum atomic E-state index is 14.3. The number of nitrogens with zero attached hydrogens (tertiary/aromatic N) is 2. The molecule has 5 N–H and O–H groups in total. The van der Waals surface area contributed by atoms with E-state index in [4.69, 9.17) is 39.5 Å². The number of Topliss-reactive ketones (excluding diaryl/α,β-unsaturated/α-hetero) is 1. The summed E-state index contributed by atoms with van der Waals surface area (Å²) in [4.78, 5) is 43.9. The van der Waals surface area contributed by atoms with Crippen molar-refractivity contribution in [3.8, 4) is 6.07 Å². The third-order valence-corrected chi connectivity index (χ3v) is 13.0. The molecule has 60 heavy (non-hydrogen) atoms. The Balaban J connectivity index is 0.00000229. The highest BCUT2D eigenvalue weighted by atomic mass is 16.7. The highest BCUT2D eigenvalue weighted by Crippen LogP contribution is 2.39. The maximum Gasteiger partial charge on any atom is 0.329 e. The lowest BCUT2D eigenvalue weighted by atomic mass is 9.81. The van der Waals surface area contributed by atoms with Crippen LogP contribution < -0.4 is 0 Å². The van der Waals surface area contributed by atoms with Crippen LogP contribution >= 0.6 is 0 Å². The average Bonchev–Trinajstić information content (AvgIpc) is 3.23. The summed E-state index contributed by atoms with van der Waals surface area (Å²) in [5, 5.41) is 58.2. The quantitative estimate of drug-likeness (QED) is 0.108. The van der Waals surface area contributed by atoms with Gasteiger partial charge in [0.2, 0.25) is 5.79 Å². The largest absolute Gasteiger partial charge is 0.456 e. The Bertz CT molecular complexity index is 1550. The highest BCUT2D eigenvalue weighted by molar-refractivity contribution is 6.39. The van der Waals surface area contributed by atoms with Crippen molar-refractivity contribution in [1.29, 1.82) is 10.7 Å². The molecule has 0 radical (unpaired) electrons. The van der Waals surface area contributed by atoms with Gasteiger partial charge in [-0.3, -0.25) is 9.59 Å². The van der Waals surface area contributed by atoms with E-state index >= 15 is 0 Å². The minimum atomic E-state index is -2.49. The molecule has 3 aliphatic heterocycles. The van der Waals surface area contributed by atoms with E-state index in [9.17, 15) is 29.7 Å². The van der Waals surface area contributed by atoms with E-state index in [1.54, 1.807) is 35.2 Å². The summed E-state index contributed by atoms with van der Waals surface area (Å²) >= 11 is 0. The highest BCUT2D eigenvalue weighted by Gasteiger charge is 2.56. The lowest BCUT2D eigenvalue weighted by Gasteiger charge is -2.47. The van der Waals surface area contributed by atoms with Crippen LogP contribution in [0.2, 0.25) is 0 Å². The predicted molar refractivity (Wildman–Crippen MR) is 223 cm³/mol. The van der Waals surface area contributed by atoms with Crippen molar-refractivity contribution in [2.75, 3.05) is 34.5 Å². The van der Waals surface area contributed by atoms with Crippen molar-refractivity contribution in [3.05, 3.63) is 23.3 Å². The van der Waals surface area contributed by atoms with Gasteiger partial charge in [0, 0.05) is 57.8 Å². The number of ketones is 1. The van der Waals surface area contributed by atoms with Gasteiger partial charge in [-0.1, -0.05) is 45.4 Å². The molecular weight excluding hydrogens is 775 g/mol. The van der Waals surface area contributed by atoms with E-state index in [1.807, 2.05) is 26.8 Å². The van der Waals surface area contributed by atoms with E-state index in [2.05, 4.69) is 13.0 Å². The fourth-order valence-electron chi connectivity index (χ4n) is 9.44. The smallest absolute Gasteiger partial charge is 0.329 e. The molecule has 1 aliphatic carbocycles. The van der Waals surface area contributed by atoms with Crippen molar-refractivity contribution >= 4 is 23.4 Å². The molecule has 0 aromatic carbocycles. The van der Waals surface area contributed by atoms with Gasteiger partial charge in [0.05, 0.1) is 36.6 Å². The number of hydrogen-bond donors (Lipinski definition) is 5. The normalized spacial score (nSPS) is 39.1. The van der Waals surface area contributed by atoms with Crippen LogP contribution in [-0.2, 0) is 38.1 Å². The summed E-state index contributed by atoms with van der Waals surface area (Å²) < 4.78 is 29.8. The number of rotatable bonds is 6. The molecule has 4 aliphatic rings. The van der Waals surface area contributed by atoms with Crippen LogP contribution in [0.3, 0.4) is 0 Å². The first kappa shape index (κ1) is 51.3. The van der Waals surface area contributed by atoms with E-state index in [0.29, 0.717) is 62.7 Å². The second kappa shape index (κ2) is 24.0. The zero-order valence-electron chi connectivity index (χ0n) is 37.3. The average molecular weight is 848 g/mol. The number of cyclic esters (lactones) is 1. The number of ether oxygens (including phenoxy) is 5. The SMILES string of the molecule is CC[C@@H]1/C=C(\C)C[C@H](C)C[C@H](OC)[C@H]2O[C@@](O)(C(=O)C(=O)N3CCCC[C@H]3C(=O)O[C@H](/C(C)=C/[C@@H]3CC[C@@H](O)[C@H](OC)C3)[C@H](C)[C@@H](O)CC1=N)[C@H](C)C[C@@H]2OC.N#CCO. The predicted octanol–water partition coefficient (Wildman–Crippen LogP) is 4.43. The Hall–Kier alpha value is -3.07. The lowest BCUT2D eigenvalue weighted by molar-refractivity contribution is -0.302. The minimum absolute atomic E-state index is 0.0256. The van der Waals surface area contributed by atoms with Crippen molar-refractivity contribution in [2.45, 2.75) is 167 Å². The number of hydrogen-bond acceptors (Lipinski definition) is 14. The number of carbonyl (C=O) groups is 3. The van der Waals surface area contributed by atoms with Crippen LogP contribution in [0.15, 0.2) is 23.3 Å². The summed E-state index contributed by atoms with van der Waals surface area (Å²) in [6, 6.07) is 0.380. The van der Waals surface area contributed by atoms with Crippen molar-refractivity contribution in [1.82, 2.24) is 4.90 Å².